The second-order valence-corrected chi connectivity index (χ2v) is 14.5. The van der Waals surface area contributed by atoms with E-state index in [2.05, 4.69) is 37.8 Å². The Morgan fingerprint density at radius 2 is 1.56 bits per heavy atom. The molecule has 55 heavy (non-hydrogen) atoms. The number of aldehydes is 1. The Kier molecular flexibility index (Phi) is 10.7. The third kappa shape index (κ3) is 7.42. The van der Waals surface area contributed by atoms with E-state index in [9.17, 15) is 18.8 Å². The standard InChI is InChI=1S/C29H34FN5O4.C11H12N2O3/c1-4-18-17(2)26-27(34-23(36)15-38-26)33-22(18)14-32-28-9-11-29(12-10-28,39-16-28)8-7-19-20(30)13-31-21-5-6-24(37-3)35-25(19)21;1-3-7-6(2)10-11(12-8(7)4-14)13-9(15)5-16-10/h5-6,13,32H,4,7-12,14-16H2,1-3H3,(H,33,34,36);4H,3,5H2,1-2H3,(H,12,13,15). The van der Waals surface area contributed by atoms with Gasteiger partial charge in [0.05, 0.1) is 42.2 Å². The zero-order chi connectivity index (χ0) is 38.9. The second kappa shape index (κ2) is 15.5. The summed E-state index contributed by atoms with van der Waals surface area (Å²) in [5, 5.41) is 9.20. The van der Waals surface area contributed by atoms with Crippen LogP contribution in [0.5, 0.6) is 17.4 Å². The van der Waals surface area contributed by atoms with Crippen molar-refractivity contribution in [2.45, 2.75) is 96.7 Å². The first-order valence-electron chi connectivity index (χ1n) is 18.7. The van der Waals surface area contributed by atoms with Crippen LogP contribution < -0.4 is 30.2 Å². The van der Waals surface area contributed by atoms with Crippen LogP contribution in [0.25, 0.3) is 11.0 Å². The first-order chi connectivity index (χ1) is 26.5. The van der Waals surface area contributed by atoms with E-state index in [0.29, 0.717) is 83.6 Å². The molecule has 2 amide bonds. The number of aromatic nitrogens is 4. The van der Waals surface area contributed by atoms with Gasteiger partial charge in [0.25, 0.3) is 11.8 Å². The molecule has 0 unspecified atom stereocenters. The predicted molar refractivity (Wildman–Crippen MR) is 201 cm³/mol. The monoisotopic (exact) mass is 755 g/mol. The molecule has 3 fully saturated rings. The topological polar surface area (TPSA) is 176 Å². The second-order valence-electron chi connectivity index (χ2n) is 14.5. The fourth-order valence-corrected chi connectivity index (χ4v) is 8.19. The van der Waals surface area contributed by atoms with Gasteiger partial charge in [-0.3, -0.25) is 19.4 Å². The summed E-state index contributed by atoms with van der Waals surface area (Å²) in [6, 6.07) is 3.55. The average Bonchev–Trinajstić information content (AvgIpc) is 3.20. The van der Waals surface area contributed by atoms with Crippen molar-refractivity contribution in [2.24, 2.45) is 0 Å². The minimum atomic E-state index is -0.344. The largest absolute Gasteiger partial charge is 0.481 e. The van der Waals surface area contributed by atoms with Crippen LogP contribution in [0, 0.1) is 19.7 Å². The summed E-state index contributed by atoms with van der Waals surface area (Å²) in [5.74, 6) is 1.75. The summed E-state index contributed by atoms with van der Waals surface area (Å²) in [4.78, 5) is 51.4. The van der Waals surface area contributed by atoms with Crippen LogP contribution >= 0.6 is 0 Å². The fourth-order valence-electron chi connectivity index (χ4n) is 8.19. The zero-order valence-electron chi connectivity index (χ0n) is 31.8. The number of halogens is 1. The molecule has 290 valence electrons. The summed E-state index contributed by atoms with van der Waals surface area (Å²) >= 11 is 0. The highest BCUT2D eigenvalue weighted by atomic mass is 19.1. The van der Waals surface area contributed by atoms with Crippen LogP contribution in [0.4, 0.5) is 16.0 Å². The first-order valence-corrected chi connectivity index (χ1v) is 18.7. The molecule has 1 aliphatic carbocycles. The number of ether oxygens (including phenoxy) is 4. The van der Waals surface area contributed by atoms with Crippen molar-refractivity contribution in [3.63, 3.8) is 0 Å². The number of carbonyl (C=O) groups is 3. The van der Waals surface area contributed by atoms with Gasteiger partial charge in [-0.1, -0.05) is 13.8 Å². The normalized spacial score (nSPS) is 20.9. The van der Waals surface area contributed by atoms with Crippen molar-refractivity contribution >= 4 is 40.8 Å². The number of amides is 2. The maximum Gasteiger partial charge on any atom is 0.263 e. The molecular weight excluding hydrogens is 709 g/mol. The van der Waals surface area contributed by atoms with E-state index in [1.54, 1.807) is 13.2 Å². The first kappa shape index (κ1) is 38.0. The summed E-state index contributed by atoms with van der Waals surface area (Å²) in [5.41, 5.74) is 6.59. The molecule has 3 N–H and O–H groups in total. The number of methoxy groups -OCH3 is 1. The molecule has 0 atom stereocenters. The molecule has 9 rings (SSSR count). The molecule has 2 bridgehead atoms. The van der Waals surface area contributed by atoms with Crippen molar-refractivity contribution in [1.82, 2.24) is 25.3 Å². The van der Waals surface area contributed by atoms with Crippen LogP contribution in [0.1, 0.15) is 90.0 Å². The van der Waals surface area contributed by atoms with Gasteiger partial charge in [-0.15, -0.1) is 0 Å². The van der Waals surface area contributed by atoms with Crippen molar-refractivity contribution in [3.8, 4) is 17.4 Å². The Bertz CT molecular complexity index is 2150. The van der Waals surface area contributed by atoms with Gasteiger partial charge in [-0.25, -0.2) is 19.3 Å². The smallest absolute Gasteiger partial charge is 0.263 e. The van der Waals surface area contributed by atoms with Gasteiger partial charge in [0.1, 0.15) is 11.5 Å². The number of pyridine rings is 4. The molecule has 0 aromatic carbocycles. The Morgan fingerprint density at radius 1 is 0.909 bits per heavy atom. The van der Waals surface area contributed by atoms with Crippen LogP contribution in [0.15, 0.2) is 18.3 Å². The minimum absolute atomic E-state index is 0.000883. The lowest BCUT2D eigenvalue weighted by atomic mass is 9.69. The minimum Gasteiger partial charge on any atom is -0.481 e. The third-order valence-electron chi connectivity index (χ3n) is 11.4. The molecule has 0 radical (unpaired) electrons. The lowest BCUT2D eigenvalue weighted by Gasteiger charge is -2.53. The van der Waals surface area contributed by atoms with Gasteiger partial charge < -0.3 is 34.9 Å². The van der Waals surface area contributed by atoms with Crippen molar-refractivity contribution < 1.29 is 37.7 Å². The maximum absolute atomic E-state index is 14.9. The summed E-state index contributed by atoms with van der Waals surface area (Å²) in [6.07, 6.45) is 8.53. The van der Waals surface area contributed by atoms with E-state index in [1.807, 2.05) is 26.8 Å². The van der Waals surface area contributed by atoms with Gasteiger partial charge in [0.2, 0.25) is 5.88 Å². The third-order valence-corrected chi connectivity index (χ3v) is 11.4. The molecule has 8 heterocycles. The molecule has 5 aliphatic rings. The number of anilines is 2. The molecule has 1 saturated carbocycles. The Balaban J connectivity index is 0.000000243. The van der Waals surface area contributed by atoms with E-state index in [-0.39, 0.29) is 42.0 Å². The molecule has 4 aromatic rings. The Hall–Kier alpha value is -5.28. The van der Waals surface area contributed by atoms with Crippen molar-refractivity contribution in [1.29, 1.82) is 0 Å². The lowest BCUT2D eigenvalue weighted by Crippen LogP contribution is -2.61. The maximum atomic E-state index is 14.9. The quantitative estimate of drug-likeness (QED) is 0.179. The van der Waals surface area contributed by atoms with Crippen LogP contribution in [-0.4, -0.2) is 76.1 Å². The van der Waals surface area contributed by atoms with E-state index >= 15 is 0 Å². The van der Waals surface area contributed by atoms with E-state index in [1.165, 1.54) is 6.20 Å². The highest BCUT2D eigenvalue weighted by molar-refractivity contribution is 5.96. The number of carbonyl (C=O) groups excluding carboxylic acids is 3. The highest BCUT2D eigenvalue weighted by Crippen LogP contribution is 2.46. The number of rotatable bonds is 10. The SMILES string of the molecule is CCc1c(C=O)nc2c(c1C)OCC(=O)N2.CCc1c(CNC23CCC(CCc4c(F)cnc5ccc(OC)nc45)(CC2)OC3)nc2c(c1C)OCC(=O)N2. The fraction of sp³-hybridized carbons (Fsp3) is 0.475. The van der Waals surface area contributed by atoms with E-state index < -0.39 is 0 Å². The number of fused-ring (bicyclic) bond motifs is 6. The van der Waals surface area contributed by atoms with Gasteiger partial charge in [0, 0.05) is 29.3 Å². The summed E-state index contributed by atoms with van der Waals surface area (Å²) in [7, 11) is 1.55. The van der Waals surface area contributed by atoms with Gasteiger partial charge in [0.15, 0.2) is 42.6 Å². The summed E-state index contributed by atoms with van der Waals surface area (Å²) in [6.45, 7) is 9.16. The number of nitrogens with zero attached hydrogens (tertiary/aromatic N) is 4. The van der Waals surface area contributed by atoms with Crippen LogP contribution in [0.2, 0.25) is 0 Å². The molecule has 15 heteroatoms. The average molecular weight is 756 g/mol. The van der Waals surface area contributed by atoms with Crippen LogP contribution in [0.3, 0.4) is 0 Å². The lowest BCUT2D eigenvalue weighted by molar-refractivity contribution is -0.165. The van der Waals surface area contributed by atoms with E-state index in [0.717, 1.165) is 66.5 Å². The van der Waals surface area contributed by atoms with Crippen molar-refractivity contribution in [2.75, 3.05) is 37.6 Å². The molecule has 2 saturated heterocycles. The number of nitrogens with one attached hydrogen (secondary N) is 3. The highest BCUT2D eigenvalue weighted by Gasteiger charge is 2.49. The van der Waals surface area contributed by atoms with Crippen LogP contribution in [-0.2, 0) is 40.1 Å². The molecule has 14 nitrogen and oxygen atoms in total. The predicted octanol–water partition coefficient (Wildman–Crippen LogP) is 5.27. The van der Waals surface area contributed by atoms with Gasteiger partial charge >= 0.3 is 0 Å². The Labute approximate surface area is 318 Å². The van der Waals surface area contributed by atoms with E-state index in [4.69, 9.17) is 23.9 Å². The number of hydrogen-bond acceptors (Lipinski definition) is 12. The molecular formula is C40H46FN7O7. The number of aryl methyl sites for hydroxylation is 1. The van der Waals surface area contributed by atoms with Gasteiger partial charge in [-0.05, 0) is 88.0 Å². The van der Waals surface area contributed by atoms with Crippen molar-refractivity contribution in [3.05, 3.63) is 63.4 Å². The molecule has 4 aromatic heterocycles. The van der Waals surface area contributed by atoms with Gasteiger partial charge in [-0.2, -0.15) is 0 Å². The summed E-state index contributed by atoms with van der Waals surface area (Å²) < 4.78 is 37.6. The molecule has 4 aliphatic heterocycles. The molecule has 0 spiro atoms. The Morgan fingerprint density at radius 3 is 2.16 bits per heavy atom. The number of hydrogen-bond donors (Lipinski definition) is 3. The zero-order valence-corrected chi connectivity index (χ0v) is 31.8.